The number of nitrogens with one attached hydrogen (secondary N) is 1. The van der Waals surface area contributed by atoms with Gasteiger partial charge in [0.05, 0.1) is 0 Å². The van der Waals surface area contributed by atoms with Gasteiger partial charge < -0.3 is 10.2 Å². The monoisotopic (exact) mass is 216 g/mol. The van der Waals surface area contributed by atoms with Crippen LogP contribution in [0.15, 0.2) is 0 Å². The Bertz CT molecular complexity index is 135. The SMILES string of the molecule is CCSCC(C)NCCN1CCCC1. The zero-order valence-corrected chi connectivity index (χ0v) is 10.4. The highest BCUT2D eigenvalue weighted by Gasteiger charge is 2.10. The van der Waals surface area contributed by atoms with Crippen LogP contribution in [0.3, 0.4) is 0 Å². The lowest BCUT2D eigenvalue weighted by Crippen LogP contribution is -2.35. The molecule has 1 rings (SSSR count). The maximum absolute atomic E-state index is 3.58. The maximum atomic E-state index is 3.58. The van der Waals surface area contributed by atoms with E-state index in [9.17, 15) is 0 Å². The average Bonchev–Trinajstić information content (AvgIpc) is 2.67. The topological polar surface area (TPSA) is 15.3 Å². The largest absolute Gasteiger partial charge is 0.312 e. The van der Waals surface area contributed by atoms with E-state index in [1.807, 2.05) is 11.8 Å². The Balaban J connectivity index is 1.91. The Morgan fingerprint density at radius 3 is 2.71 bits per heavy atom. The van der Waals surface area contributed by atoms with Gasteiger partial charge in [-0.2, -0.15) is 11.8 Å². The lowest BCUT2D eigenvalue weighted by molar-refractivity contribution is 0.331. The minimum atomic E-state index is 0.669. The molecule has 0 radical (unpaired) electrons. The van der Waals surface area contributed by atoms with Crippen molar-refractivity contribution >= 4 is 11.8 Å². The molecular formula is C11H24N2S. The predicted octanol–water partition coefficient (Wildman–Crippen LogP) is 1.81. The fourth-order valence-corrected chi connectivity index (χ4v) is 2.54. The molecule has 1 N–H and O–H groups in total. The Morgan fingerprint density at radius 1 is 1.36 bits per heavy atom. The second-order valence-corrected chi connectivity index (χ2v) is 5.38. The highest BCUT2D eigenvalue weighted by molar-refractivity contribution is 7.99. The highest BCUT2D eigenvalue weighted by Crippen LogP contribution is 2.06. The molecule has 0 aromatic carbocycles. The van der Waals surface area contributed by atoms with Crippen molar-refractivity contribution in [2.24, 2.45) is 0 Å². The third-order valence-electron chi connectivity index (χ3n) is 2.69. The Hall–Kier alpha value is 0.270. The van der Waals surface area contributed by atoms with Crippen LogP contribution in [-0.4, -0.2) is 48.6 Å². The third-order valence-corrected chi connectivity index (χ3v) is 3.84. The molecule has 0 aromatic rings. The predicted molar refractivity (Wildman–Crippen MR) is 66.1 cm³/mol. The van der Waals surface area contributed by atoms with Crippen LogP contribution < -0.4 is 5.32 Å². The Labute approximate surface area is 92.8 Å². The van der Waals surface area contributed by atoms with Gasteiger partial charge in [0, 0.05) is 24.9 Å². The van der Waals surface area contributed by atoms with Crippen molar-refractivity contribution < 1.29 is 0 Å². The van der Waals surface area contributed by atoms with Gasteiger partial charge in [0.25, 0.3) is 0 Å². The van der Waals surface area contributed by atoms with Gasteiger partial charge in [0.2, 0.25) is 0 Å². The Kier molecular flexibility index (Phi) is 6.65. The quantitative estimate of drug-likeness (QED) is 0.699. The van der Waals surface area contributed by atoms with E-state index >= 15 is 0 Å². The van der Waals surface area contributed by atoms with Crippen molar-refractivity contribution in [3.8, 4) is 0 Å². The molecule has 0 saturated carbocycles. The van der Waals surface area contributed by atoms with E-state index < -0.39 is 0 Å². The van der Waals surface area contributed by atoms with E-state index in [2.05, 4.69) is 24.1 Å². The minimum Gasteiger partial charge on any atom is -0.312 e. The van der Waals surface area contributed by atoms with Crippen LogP contribution in [0, 0.1) is 0 Å². The van der Waals surface area contributed by atoms with Crippen molar-refractivity contribution in [1.29, 1.82) is 0 Å². The molecule has 84 valence electrons. The summed E-state index contributed by atoms with van der Waals surface area (Å²) >= 11 is 2.02. The van der Waals surface area contributed by atoms with Crippen LogP contribution in [-0.2, 0) is 0 Å². The summed E-state index contributed by atoms with van der Waals surface area (Å²) in [4.78, 5) is 2.56. The van der Waals surface area contributed by atoms with E-state index in [0.717, 1.165) is 6.54 Å². The molecule has 0 spiro atoms. The molecule has 1 heterocycles. The van der Waals surface area contributed by atoms with E-state index in [1.54, 1.807) is 0 Å². The highest BCUT2D eigenvalue weighted by atomic mass is 32.2. The first-order chi connectivity index (χ1) is 6.83. The normalized spacial score (nSPS) is 20.1. The first-order valence-electron chi connectivity index (χ1n) is 5.86. The first-order valence-corrected chi connectivity index (χ1v) is 7.02. The van der Waals surface area contributed by atoms with E-state index in [-0.39, 0.29) is 0 Å². The number of thioether (sulfide) groups is 1. The van der Waals surface area contributed by atoms with Crippen LogP contribution in [0.5, 0.6) is 0 Å². The van der Waals surface area contributed by atoms with E-state index in [4.69, 9.17) is 0 Å². The molecule has 3 heteroatoms. The van der Waals surface area contributed by atoms with Crippen LogP contribution in [0.1, 0.15) is 26.7 Å². The second kappa shape index (κ2) is 7.55. The number of hydrogen-bond donors (Lipinski definition) is 1. The van der Waals surface area contributed by atoms with Gasteiger partial charge in [0.1, 0.15) is 0 Å². The summed E-state index contributed by atoms with van der Waals surface area (Å²) in [5.74, 6) is 2.48. The van der Waals surface area contributed by atoms with E-state index in [0.29, 0.717) is 6.04 Å². The molecule has 14 heavy (non-hydrogen) atoms. The van der Waals surface area contributed by atoms with Crippen LogP contribution in [0.25, 0.3) is 0 Å². The lowest BCUT2D eigenvalue weighted by atomic mass is 10.4. The van der Waals surface area contributed by atoms with Gasteiger partial charge in [-0.1, -0.05) is 6.92 Å². The van der Waals surface area contributed by atoms with Gasteiger partial charge >= 0.3 is 0 Å². The van der Waals surface area contributed by atoms with Crippen LogP contribution >= 0.6 is 11.8 Å². The standard InChI is InChI=1S/C11H24N2S/c1-3-14-10-11(2)12-6-9-13-7-4-5-8-13/h11-12H,3-10H2,1-2H3. The molecule has 1 aliphatic heterocycles. The second-order valence-electron chi connectivity index (χ2n) is 4.06. The van der Waals surface area contributed by atoms with Crippen molar-refractivity contribution in [1.82, 2.24) is 10.2 Å². The number of hydrogen-bond acceptors (Lipinski definition) is 3. The summed E-state index contributed by atoms with van der Waals surface area (Å²) in [6.45, 7) is 9.54. The van der Waals surface area contributed by atoms with Gasteiger partial charge in [0.15, 0.2) is 0 Å². The van der Waals surface area contributed by atoms with E-state index in [1.165, 1.54) is 44.0 Å². The van der Waals surface area contributed by atoms with Crippen molar-refractivity contribution in [2.45, 2.75) is 32.7 Å². The summed E-state index contributed by atoms with van der Waals surface area (Å²) in [7, 11) is 0. The maximum Gasteiger partial charge on any atom is 0.0130 e. The summed E-state index contributed by atoms with van der Waals surface area (Å²) in [6, 6.07) is 0.669. The van der Waals surface area contributed by atoms with Gasteiger partial charge in [-0.05, 0) is 38.6 Å². The lowest BCUT2D eigenvalue weighted by Gasteiger charge is -2.17. The summed E-state index contributed by atoms with van der Waals surface area (Å²) < 4.78 is 0. The van der Waals surface area contributed by atoms with Crippen LogP contribution in [0.2, 0.25) is 0 Å². The van der Waals surface area contributed by atoms with Crippen molar-refractivity contribution in [3.63, 3.8) is 0 Å². The van der Waals surface area contributed by atoms with Gasteiger partial charge in [-0.15, -0.1) is 0 Å². The average molecular weight is 216 g/mol. The number of rotatable bonds is 7. The van der Waals surface area contributed by atoms with Crippen molar-refractivity contribution in [3.05, 3.63) is 0 Å². The summed E-state index contributed by atoms with van der Waals surface area (Å²) in [5.41, 5.74) is 0. The number of likely N-dealkylation sites (tertiary alicyclic amines) is 1. The number of nitrogens with zero attached hydrogens (tertiary/aromatic N) is 1. The smallest absolute Gasteiger partial charge is 0.0130 e. The molecule has 0 aromatic heterocycles. The fraction of sp³-hybridized carbons (Fsp3) is 1.00. The van der Waals surface area contributed by atoms with Gasteiger partial charge in [-0.25, -0.2) is 0 Å². The summed E-state index contributed by atoms with van der Waals surface area (Å²) in [6.07, 6.45) is 2.81. The summed E-state index contributed by atoms with van der Waals surface area (Å²) in [5, 5.41) is 3.58. The molecule has 1 atom stereocenters. The molecule has 0 aliphatic carbocycles. The molecule has 1 unspecified atom stereocenters. The fourth-order valence-electron chi connectivity index (χ4n) is 1.83. The molecule has 0 bridgehead atoms. The minimum absolute atomic E-state index is 0.669. The molecule has 1 saturated heterocycles. The molecule has 1 fully saturated rings. The van der Waals surface area contributed by atoms with Crippen LogP contribution in [0.4, 0.5) is 0 Å². The molecule has 2 nitrogen and oxygen atoms in total. The van der Waals surface area contributed by atoms with Gasteiger partial charge in [-0.3, -0.25) is 0 Å². The third kappa shape index (κ3) is 5.23. The zero-order chi connectivity index (χ0) is 10.2. The zero-order valence-electron chi connectivity index (χ0n) is 9.59. The molecule has 1 aliphatic rings. The Morgan fingerprint density at radius 2 is 2.07 bits per heavy atom. The first kappa shape index (κ1) is 12.3. The van der Waals surface area contributed by atoms with Crippen molar-refractivity contribution in [2.75, 3.05) is 37.7 Å². The molecular weight excluding hydrogens is 192 g/mol. The molecule has 0 amide bonds.